The average molecular weight is 311 g/mol. The van der Waals surface area contributed by atoms with Gasteiger partial charge in [0, 0.05) is 6.54 Å². The van der Waals surface area contributed by atoms with Gasteiger partial charge in [-0.05, 0) is 68.5 Å². The van der Waals surface area contributed by atoms with Crippen LogP contribution in [0.15, 0.2) is 42.5 Å². The van der Waals surface area contributed by atoms with E-state index in [0.717, 1.165) is 24.9 Å². The van der Waals surface area contributed by atoms with Crippen molar-refractivity contribution in [2.45, 2.75) is 44.1 Å². The molecule has 0 unspecified atom stereocenters. The summed E-state index contributed by atoms with van der Waals surface area (Å²) in [7, 11) is 0. The molecule has 3 aliphatic rings. The Morgan fingerprint density at radius 2 is 1.78 bits per heavy atom. The van der Waals surface area contributed by atoms with Crippen molar-refractivity contribution in [3.05, 3.63) is 48.0 Å². The molecule has 2 aliphatic carbocycles. The molecule has 1 N–H and O–H groups in total. The first kappa shape index (κ1) is 15.4. The minimum absolute atomic E-state index is 0.393. The summed E-state index contributed by atoms with van der Waals surface area (Å²) >= 11 is 0. The molecule has 0 spiro atoms. The zero-order valence-electron chi connectivity index (χ0n) is 14.0. The van der Waals surface area contributed by atoms with Crippen LogP contribution in [0.25, 0.3) is 0 Å². The second-order valence-electron chi connectivity index (χ2n) is 7.83. The molecule has 4 rings (SSSR count). The van der Waals surface area contributed by atoms with Gasteiger partial charge in [0.1, 0.15) is 0 Å². The van der Waals surface area contributed by atoms with Crippen LogP contribution in [0.5, 0.6) is 0 Å². The summed E-state index contributed by atoms with van der Waals surface area (Å²) in [5, 5.41) is 11.8. The Hall–Kier alpha value is -1.12. The summed E-state index contributed by atoms with van der Waals surface area (Å²) in [6, 6.07) is 10.5. The van der Waals surface area contributed by atoms with Crippen LogP contribution in [0.1, 0.15) is 44.1 Å². The average Bonchev–Trinajstić information content (AvgIpc) is 3.25. The van der Waals surface area contributed by atoms with Gasteiger partial charge >= 0.3 is 0 Å². The van der Waals surface area contributed by atoms with Crippen LogP contribution in [0.3, 0.4) is 0 Å². The zero-order chi connectivity index (χ0) is 15.7. The third-order valence-corrected chi connectivity index (χ3v) is 6.42. The minimum atomic E-state index is -0.664. The van der Waals surface area contributed by atoms with Gasteiger partial charge in [0.15, 0.2) is 0 Å². The maximum atomic E-state index is 11.8. The molecular weight excluding hydrogens is 282 g/mol. The van der Waals surface area contributed by atoms with Crippen molar-refractivity contribution in [2.24, 2.45) is 17.8 Å². The number of rotatable bonds is 5. The van der Waals surface area contributed by atoms with Crippen molar-refractivity contribution in [1.29, 1.82) is 0 Å². The lowest BCUT2D eigenvalue weighted by atomic mass is 9.72. The predicted molar refractivity (Wildman–Crippen MR) is 94.1 cm³/mol. The maximum absolute atomic E-state index is 11.8. The second-order valence-corrected chi connectivity index (χ2v) is 7.83. The summed E-state index contributed by atoms with van der Waals surface area (Å²) in [6.45, 7) is 3.45. The molecule has 1 aromatic carbocycles. The van der Waals surface area contributed by atoms with Gasteiger partial charge in [0.05, 0.1) is 5.60 Å². The van der Waals surface area contributed by atoms with Crippen molar-refractivity contribution in [2.75, 3.05) is 19.6 Å². The van der Waals surface area contributed by atoms with E-state index in [1.54, 1.807) is 0 Å². The molecule has 0 amide bonds. The molecule has 0 aromatic heterocycles. The van der Waals surface area contributed by atoms with Crippen LogP contribution in [-0.2, 0) is 5.60 Å². The van der Waals surface area contributed by atoms with E-state index in [1.165, 1.54) is 38.8 Å². The number of piperidine rings is 1. The first-order valence-electron chi connectivity index (χ1n) is 9.44. The Morgan fingerprint density at radius 3 is 2.43 bits per heavy atom. The molecule has 1 saturated heterocycles. The summed E-state index contributed by atoms with van der Waals surface area (Å²) in [4.78, 5) is 2.56. The summed E-state index contributed by atoms with van der Waals surface area (Å²) < 4.78 is 0. The molecule has 124 valence electrons. The molecule has 1 aromatic rings. The van der Waals surface area contributed by atoms with Crippen LogP contribution in [0.2, 0.25) is 0 Å². The van der Waals surface area contributed by atoms with Gasteiger partial charge in [-0.1, -0.05) is 48.9 Å². The topological polar surface area (TPSA) is 23.5 Å². The Balaban J connectivity index is 1.55. The highest BCUT2D eigenvalue weighted by Gasteiger charge is 2.48. The monoisotopic (exact) mass is 311 g/mol. The normalized spacial score (nSPS) is 33.0. The second kappa shape index (κ2) is 6.41. The number of nitrogens with zero attached hydrogens (tertiary/aromatic N) is 1. The Bertz CT molecular complexity index is 548. The van der Waals surface area contributed by atoms with Crippen molar-refractivity contribution < 1.29 is 5.11 Å². The fourth-order valence-corrected chi connectivity index (χ4v) is 5.11. The molecule has 2 bridgehead atoms. The smallest absolute Gasteiger partial charge is 0.0942 e. The van der Waals surface area contributed by atoms with Gasteiger partial charge < -0.3 is 10.0 Å². The SMILES string of the molecule is O[C@](CCN1CCCCC1)(c1ccccc1)[C@H]1C[C@H]2C=C[C@H]1C2. The third kappa shape index (κ3) is 2.99. The van der Waals surface area contributed by atoms with Crippen LogP contribution in [0.4, 0.5) is 0 Å². The molecule has 2 fully saturated rings. The van der Waals surface area contributed by atoms with Crippen LogP contribution < -0.4 is 0 Å². The van der Waals surface area contributed by atoms with Gasteiger partial charge in [-0.25, -0.2) is 0 Å². The Kier molecular flexibility index (Phi) is 4.29. The molecule has 2 nitrogen and oxygen atoms in total. The molecule has 23 heavy (non-hydrogen) atoms. The lowest BCUT2D eigenvalue weighted by Gasteiger charge is -2.40. The summed E-state index contributed by atoms with van der Waals surface area (Å²) in [5.74, 6) is 1.67. The molecule has 1 heterocycles. The van der Waals surface area contributed by atoms with Crippen molar-refractivity contribution in [1.82, 2.24) is 4.90 Å². The van der Waals surface area contributed by atoms with Crippen molar-refractivity contribution >= 4 is 0 Å². The number of likely N-dealkylation sites (tertiary alicyclic amines) is 1. The van der Waals surface area contributed by atoms with Gasteiger partial charge in [0.25, 0.3) is 0 Å². The van der Waals surface area contributed by atoms with E-state index in [9.17, 15) is 5.11 Å². The third-order valence-electron chi connectivity index (χ3n) is 6.42. The van der Waals surface area contributed by atoms with E-state index < -0.39 is 5.60 Å². The van der Waals surface area contributed by atoms with Crippen molar-refractivity contribution in [3.63, 3.8) is 0 Å². The number of fused-ring (bicyclic) bond motifs is 2. The lowest BCUT2D eigenvalue weighted by Crippen LogP contribution is -2.42. The van der Waals surface area contributed by atoms with Crippen LogP contribution in [-0.4, -0.2) is 29.6 Å². The van der Waals surface area contributed by atoms with Crippen LogP contribution in [0, 0.1) is 17.8 Å². The van der Waals surface area contributed by atoms with E-state index in [-0.39, 0.29) is 0 Å². The quantitative estimate of drug-likeness (QED) is 0.832. The minimum Gasteiger partial charge on any atom is -0.385 e. The first-order valence-corrected chi connectivity index (χ1v) is 9.44. The summed E-state index contributed by atoms with van der Waals surface area (Å²) in [6.07, 6.45) is 12.0. The number of aliphatic hydroxyl groups is 1. The molecule has 0 radical (unpaired) electrons. The lowest BCUT2D eigenvalue weighted by molar-refractivity contribution is -0.0495. The molecule has 2 heteroatoms. The first-order chi connectivity index (χ1) is 11.3. The Morgan fingerprint density at radius 1 is 1.00 bits per heavy atom. The van der Waals surface area contributed by atoms with Gasteiger partial charge in [-0.2, -0.15) is 0 Å². The largest absolute Gasteiger partial charge is 0.385 e. The number of hydrogen-bond acceptors (Lipinski definition) is 2. The molecule has 1 saturated carbocycles. The highest BCUT2D eigenvalue weighted by atomic mass is 16.3. The van der Waals surface area contributed by atoms with Gasteiger partial charge in [0.2, 0.25) is 0 Å². The molecule has 4 atom stereocenters. The molecular formula is C21H29NO. The molecule has 1 aliphatic heterocycles. The maximum Gasteiger partial charge on any atom is 0.0942 e. The number of allylic oxidation sites excluding steroid dienone is 2. The predicted octanol–water partition coefficient (Wildman–Crippen LogP) is 3.96. The van der Waals surface area contributed by atoms with E-state index in [4.69, 9.17) is 0 Å². The van der Waals surface area contributed by atoms with E-state index in [0.29, 0.717) is 17.8 Å². The summed E-state index contributed by atoms with van der Waals surface area (Å²) in [5.41, 5.74) is 0.464. The van der Waals surface area contributed by atoms with E-state index in [2.05, 4.69) is 47.4 Å². The standard InChI is InChI=1S/C21H29NO/c23-21(19-7-3-1-4-8-19,11-14-22-12-5-2-6-13-22)20-16-17-9-10-18(20)15-17/h1,3-4,7-10,17-18,20,23H,2,5-6,11-16H2/t17-,18-,20-,21+/m0/s1. The van der Waals surface area contributed by atoms with Gasteiger partial charge in [-0.3, -0.25) is 0 Å². The highest BCUT2D eigenvalue weighted by Crippen LogP contribution is 2.52. The van der Waals surface area contributed by atoms with Crippen molar-refractivity contribution in [3.8, 4) is 0 Å². The number of benzene rings is 1. The Labute approximate surface area is 140 Å². The fraction of sp³-hybridized carbons (Fsp3) is 0.619. The fourth-order valence-electron chi connectivity index (χ4n) is 5.11. The van der Waals surface area contributed by atoms with Gasteiger partial charge in [-0.15, -0.1) is 0 Å². The highest BCUT2D eigenvalue weighted by molar-refractivity contribution is 5.27. The van der Waals surface area contributed by atoms with Crippen LogP contribution >= 0.6 is 0 Å². The van der Waals surface area contributed by atoms with E-state index in [1.807, 2.05) is 0 Å². The van der Waals surface area contributed by atoms with E-state index >= 15 is 0 Å². The number of hydrogen-bond donors (Lipinski definition) is 1. The zero-order valence-corrected chi connectivity index (χ0v) is 14.0.